The summed E-state index contributed by atoms with van der Waals surface area (Å²) in [6.07, 6.45) is 0. The maximum Gasteiger partial charge on any atom is 0.259 e. The Kier molecular flexibility index (Phi) is 5.38. The second-order valence-electron chi connectivity index (χ2n) is 4.64. The van der Waals surface area contributed by atoms with Crippen LogP contribution in [0.15, 0.2) is 53.6 Å². The summed E-state index contributed by atoms with van der Waals surface area (Å²) in [6.45, 7) is 1.88. The van der Waals surface area contributed by atoms with E-state index in [1.54, 1.807) is 55.5 Å². The third kappa shape index (κ3) is 4.79. The van der Waals surface area contributed by atoms with E-state index in [1.165, 1.54) is 0 Å². The van der Waals surface area contributed by atoms with Crippen molar-refractivity contribution in [2.45, 2.75) is 6.92 Å². The van der Waals surface area contributed by atoms with E-state index in [0.717, 1.165) is 11.3 Å². The number of aromatic hydroxyl groups is 1. The van der Waals surface area contributed by atoms with E-state index in [1.807, 2.05) is 0 Å². The molecule has 0 aliphatic carbocycles. The molecule has 2 rings (SSSR count). The lowest BCUT2D eigenvalue weighted by Gasteiger charge is -2.06. The summed E-state index contributed by atoms with van der Waals surface area (Å²) in [5, 5.41) is 16.9. The van der Waals surface area contributed by atoms with Gasteiger partial charge in [-0.3, -0.25) is 4.79 Å². The summed E-state index contributed by atoms with van der Waals surface area (Å²) in [4.78, 5) is 11.7. The predicted octanol–water partition coefficient (Wildman–Crippen LogP) is 3.00. The minimum Gasteiger partial charge on any atom is -0.508 e. The number of nitrogens with zero attached hydrogens (tertiary/aromatic N) is 1. The Hall–Kier alpha value is -2.53. The van der Waals surface area contributed by atoms with Gasteiger partial charge in [0.05, 0.1) is 12.3 Å². The fraction of sp³-hybridized carbons (Fsp3) is 0.125. The van der Waals surface area contributed by atoms with E-state index in [0.29, 0.717) is 10.7 Å². The van der Waals surface area contributed by atoms with Crippen molar-refractivity contribution in [3.63, 3.8) is 0 Å². The Labute approximate surface area is 133 Å². The van der Waals surface area contributed by atoms with Crippen LogP contribution in [0.1, 0.15) is 12.5 Å². The molecular weight excluding hydrogens is 302 g/mol. The summed E-state index contributed by atoms with van der Waals surface area (Å²) in [5.74, 6) is -0.0687. The molecule has 0 aliphatic rings. The van der Waals surface area contributed by atoms with Crippen molar-refractivity contribution < 1.29 is 9.90 Å². The predicted molar refractivity (Wildman–Crippen MR) is 88.4 cm³/mol. The van der Waals surface area contributed by atoms with Crippen molar-refractivity contribution in [2.24, 2.45) is 5.10 Å². The number of carbonyl (C=O) groups is 1. The lowest BCUT2D eigenvalue weighted by atomic mass is 10.1. The van der Waals surface area contributed by atoms with Gasteiger partial charge in [-0.2, -0.15) is 5.10 Å². The highest BCUT2D eigenvalue weighted by molar-refractivity contribution is 6.30. The Morgan fingerprint density at radius 3 is 2.41 bits per heavy atom. The van der Waals surface area contributed by atoms with E-state index in [2.05, 4.69) is 15.8 Å². The minimum atomic E-state index is -0.256. The number of hydrogen-bond acceptors (Lipinski definition) is 4. The molecule has 5 nitrogen and oxygen atoms in total. The Morgan fingerprint density at radius 1 is 1.14 bits per heavy atom. The molecule has 0 radical (unpaired) electrons. The molecule has 0 fully saturated rings. The van der Waals surface area contributed by atoms with Crippen LogP contribution < -0.4 is 10.7 Å². The van der Waals surface area contributed by atoms with Crippen LogP contribution >= 0.6 is 11.6 Å². The van der Waals surface area contributed by atoms with Gasteiger partial charge in [-0.1, -0.05) is 11.6 Å². The van der Waals surface area contributed by atoms with Gasteiger partial charge < -0.3 is 10.4 Å². The molecule has 1 amide bonds. The zero-order chi connectivity index (χ0) is 15.9. The van der Waals surface area contributed by atoms with Crippen molar-refractivity contribution in [3.05, 3.63) is 59.1 Å². The topological polar surface area (TPSA) is 73.7 Å². The second kappa shape index (κ2) is 7.47. The molecule has 0 atom stereocenters. The Balaban J connectivity index is 1.85. The van der Waals surface area contributed by atoms with Crippen molar-refractivity contribution in [2.75, 3.05) is 11.9 Å². The molecular formula is C16H16ClN3O2. The second-order valence-corrected chi connectivity index (χ2v) is 5.08. The Bertz CT molecular complexity index is 667. The molecule has 114 valence electrons. The van der Waals surface area contributed by atoms with E-state index < -0.39 is 0 Å². The molecule has 0 saturated carbocycles. The summed E-state index contributed by atoms with van der Waals surface area (Å²) in [7, 11) is 0. The van der Waals surface area contributed by atoms with Crippen LogP contribution in [0.4, 0.5) is 5.69 Å². The molecule has 2 aromatic rings. The maximum atomic E-state index is 11.7. The summed E-state index contributed by atoms with van der Waals surface area (Å²) in [6, 6.07) is 13.7. The van der Waals surface area contributed by atoms with Crippen LogP contribution in [0.25, 0.3) is 0 Å². The summed E-state index contributed by atoms with van der Waals surface area (Å²) in [5.41, 5.74) is 4.76. The molecule has 0 unspecified atom stereocenters. The molecule has 0 heterocycles. The lowest BCUT2D eigenvalue weighted by Crippen LogP contribution is -2.26. The number of benzene rings is 2. The number of hydrogen-bond donors (Lipinski definition) is 3. The normalized spacial score (nSPS) is 11.1. The zero-order valence-corrected chi connectivity index (χ0v) is 12.8. The molecule has 2 aromatic carbocycles. The van der Waals surface area contributed by atoms with Gasteiger partial charge in [0.15, 0.2) is 0 Å². The van der Waals surface area contributed by atoms with E-state index >= 15 is 0 Å². The molecule has 0 saturated heterocycles. The first-order valence-electron chi connectivity index (χ1n) is 6.66. The molecule has 0 bridgehead atoms. The van der Waals surface area contributed by atoms with Crippen LogP contribution in [-0.4, -0.2) is 23.3 Å². The fourth-order valence-electron chi connectivity index (χ4n) is 1.70. The van der Waals surface area contributed by atoms with Gasteiger partial charge in [-0.05, 0) is 61.0 Å². The maximum absolute atomic E-state index is 11.7. The van der Waals surface area contributed by atoms with E-state index in [9.17, 15) is 9.90 Å². The van der Waals surface area contributed by atoms with Gasteiger partial charge in [0.25, 0.3) is 5.91 Å². The number of nitrogens with one attached hydrogen (secondary N) is 2. The monoisotopic (exact) mass is 317 g/mol. The zero-order valence-electron chi connectivity index (χ0n) is 12.0. The number of phenolic OH excluding ortho intramolecular Hbond substituents is 1. The van der Waals surface area contributed by atoms with Gasteiger partial charge >= 0.3 is 0 Å². The highest BCUT2D eigenvalue weighted by atomic mass is 35.5. The van der Waals surface area contributed by atoms with E-state index in [4.69, 9.17) is 11.6 Å². The number of rotatable bonds is 5. The van der Waals surface area contributed by atoms with Crippen LogP contribution in [-0.2, 0) is 4.79 Å². The molecule has 3 N–H and O–H groups in total. The number of carbonyl (C=O) groups excluding carboxylic acids is 1. The van der Waals surface area contributed by atoms with Crippen LogP contribution in [0, 0.1) is 0 Å². The van der Waals surface area contributed by atoms with Gasteiger partial charge in [0.2, 0.25) is 0 Å². The third-order valence-electron chi connectivity index (χ3n) is 2.93. The quantitative estimate of drug-likeness (QED) is 0.586. The van der Waals surface area contributed by atoms with Crippen LogP contribution in [0.5, 0.6) is 5.75 Å². The fourth-order valence-corrected chi connectivity index (χ4v) is 1.83. The van der Waals surface area contributed by atoms with Gasteiger partial charge in [0.1, 0.15) is 5.75 Å². The van der Waals surface area contributed by atoms with Gasteiger partial charge in [-0.25, -0.2) is 5.43 Å². The number of hydrazone groups is 1. The molecule has 0 aromatic heterocycles. The van der Waals surface area contributed by atoms with Crippen LogP contribution in [0.2, 0.25) is 5.02 Å². The third-order valence-corrected chi connectivity index (χ3v) is 3.18. The average Bonchev–Trinajstić information content (AvgIpc) is 2.52. The van der Waals surface area contributed by atoms with Crippen molar-refractivity contribution >= 4 is 28.9 Å². The number of halogens is 1. The molecule has 0 aliphatic heterocycles. The first-order chi connectivity index (χ1) is 10.5. The van der Waals surface area contributed by atoms with Crippen molar-refractivity contribution in [1.29, 1.82) is 0 Å². The summed E-state index contributed by atoms with van der Waals surface area (Å²) >= 11 is 5.79. The smallest absolute Gasteiger partial charge is 0.259 e. The first kappa shape index (κ1) is 15.9. The minimum absolute atomic E-state index is 0.105. The average molecular weight is 318 g/mol. The summed E-state index contributed by atoms with van der Waals surface area (Å²) < 4.78 is 0. The molecule has 6 heteroatoms. The van der Waals surface area contributed by atoms with Crippen molar-refractivity contribution in [3.8, 4) is 5.75 Å². The molecule has 22 heavy (non-hydrogen) atoms. The van der Waals surface area contributed by atoms with Gasteiger partial charge in [0, 0.05) is 10.7 Å². The highest BCUT2D eigenvalue weighted by Gasteiger charge is 2.02. The number of amides is 1. The SMILES string of the molecule is C/C(=N/NC(=O)CNc1ccc(Cl)cc1)c1ccc(O)cc1. The number of phenols is 1. The van der Waals surface area contributed by atoms with Gasteiger partial charge in [-0.15, -0.1) is 0 Å². The first-order valence-corrected chi connectivity index (χ1v) is 7.04. The highest BCUT2D eigenvalue weighted by Crippen LogP contribution is 2.13. The van der Waals surface area contributed by atoms with Crippen molar-refractivity contribution in [1.82, 2.24) is 5.43 Å². The molecule has 0 spiro atoms. The Morgan fingerprint density at radius 2 is 1.77 bits per heavy atom. The van der Waals surface area contributed by atoms with Crippen LogP contribution in [0.3, 0.4) is 0 Å². The standard InChI is InChI=1S/C16H16ClN3O2/c1-11(12-2-8-15(21)9-3-12)19-20-16(22)10-18-14-6-4-13(17)5-7-14/h2-9,18,21H,10H2,1H3,(H,20,22)/b19-11-. The largest absolute Gasteiger partial charge is 0.508 e. The number of anilines is 1. The lowest BCUT2D eigenvalue weighted by molar-refractivity contribution is -0.119. The van der Waals surface area contributed by atoms with E-state index in [-0.39, 0.29) is 18.2 Å².